The zero-order chi connectivity index (χ0) is 20.3. The maximum absolute atomic E-state index is 12.3. The molecule has 3 rings (SSSR count). The number of nitrogens with one attached hydrogen (secondary N) is 1. The number of aryl methyl sites for hydroxylation is 2. The van der Waals surface area contributed by atoms with Crippen molar-refractivity contribution in [2.24, 2.45) is 7.05 Å². The highest BCUT2D eigenvalue weighted by molar-refractivity contribution is 7.91. The van der Waals surface area contributed by atoms with Gasteiger partial charge >= 0.3 is 6.01 Å². The lowest BCUT2D eigenvalue weighted by atomic mass is 10.3. The lowest BCUT2D eigenvalue weighted by Crippen LogP contribution is -2.17. The zero-order valence-corrected chi connectivity index (χ0v) is 16.4. The molecule has 148 valence electrons. The van der Waals surface area contributed by atoms with E-state index >= 15 is 0 Å². The number of aromatic nitrogens is 4. The summed E-state index contributed by atoms with van der Waals surface area (Å²) in [7, 11) is -0.385. The topological polar surface area (TPSA) is 129 Å². The van der Waals surface area contributed by atoms with Crippen LogP contribution in [-0.4, -0.2) is 47.2 Å². The Kier molecular flexibility index (Phi) is 5.45. The number of anilines is 1. The van der Waals surface area contributed by atoms with Crippen LogP contribution in [-0.2, 0) is 21.7 Å². The molecule has 0 unspecified atom stereocenters. The van der Waals surface area contributed by atoms with Gasteiger partial charge in [-0.3, -0.25) is 14.8 Å². The Labute approximate surface area is 161 Å². The Hall–Kier alpha value is -3.21. The number of rotatable bonds is 7. The van der Waals surface area contributed by atoms with E-state index < -0.39 is 15.7 Å². The van der Waals surface area contributed by atoms with Gasteiger partial charge in [0.2, 0.25) is 5.91 Å². The summed E-state index contributed by atoms with van der Waals surface area (Å²) in [4.78, 5) is 12.2. The highest BCUT2D eigenvalue weighted by atomic mass is 32.2. The summed E-state index contributed by atoms with van der Waals surface area (Å²) in [6.07, 6.45) is -0.253. The molecule has 0 aliphatic rings. The minimum atomic E-state index is -3.61. The molecule has 0 aliphatic carbocycles. The van der Waals surface area contributed by atoms with Gasteiger partial charge in [0.25, 0.3) is 5.89 Å². The summed E-state index contributed by atoms with van der Waals surface area (Å²) in [5.74, 6) is -0.155. The number of amides is 1. The molecule has 2 aromatic heterocycles. The van der Waals surface area contributed by atoms with Crippen molar-refractivity contribution in [2.45, 2.75) is 18.2 Å². The van der Waals surface area contributed by atoms with E-state index in [1.54, 1.807) is 29.9 Å². The summed E-state index contributed by atoms with van der Waals surface area (Å²) in [6, 6.07) is 7.62. The van der Waals surface area contributed by atoms with Crippen LogP contribution < -0.4 is 10.1 Å². The Morgan fingerprint density at radius 1 is 1.25 bits per heavy atom. The van der Waals surface area contributed by atoms with E-state index in [2.05, 4.69) is 20.6 Å². The van der Waals surface area contributed by atoms with Crippen molar-refractivity contribution < 1.29 is 22.4 Å². The quantitative estimate of drug-likeness (QED) is 0.627. The molecule has 1 amide bonds. The molecule has 11 heteroatoms. The predicted molar refractivity (Wildman–Crippen MR) is 99.5 cm³/mol. The van der Waals surface area contributed by atoms with Crippen LogP contribution in [0.3, 0.4) is 0 Å². The van der Waals surface area contributed by atoms with E-state index in [1.807, 2.05) is 6.92 Å². The predicted octanol–water partition coefficient (Wildman–Crippen LogP) is 1.59. The Bertz CT molecular complexity index is 1090. The summed E-state index contributed by atoms with van der Waals surface area (Å²) in [5.41, 5.74) is 1.39. The van der Waals surface area contributed by atoms with Gasteiger partial charge in [-0.05, 0) is 37.3 Å². The van der Waals surface area contributed by atoms with E-state index in [0.29, 0.717) is 11.4 Å². The second kappa shape index (κ2) is 7.80. The number of methoxy groups -OCH3 is 1. The smallest absolute Gasteiger partial charge is 0.322 e. The molecule has 0 spiro atoms. The lowest BCUT2D eigenvalue weighted by molar-refractivity contribution is -0.115. The highest BCUT2D eigenvalue weighted by Gasteiger charge is 2.19. The van der Waals surface area contributed by atoms with Crippen molar-refractivity contribution in [1.29, 1.82) is 0 Å². The van der Waals surface area contributed by atoms with Crippen molar-refractivity contribution in [1.82, 2.24) is 20.0 Å². The average Bonchev–Trinajstić information content (AvgIpc) is 3.25. The number of ether oxygens (including phenoxy) is 1. The minimum Gasteiger partial charge on any atom is -0.497 e. The second-order valence-electron chi connectivity index (χ2n) is 6.00. The number of sulfone groups is 1. The normalized spacial score (nSPS) is 11.4. The maximum atomic E-state index is 12.3. The molecule has 0 radical (unpaired) electrons. The standard InChI is InChI=1S/C17H19N5O5S/c1-11-10-14(22(2)21-11)16-19-20-17(27-16)18-15(23)8-9-28(24,25)13-6-4-12(26-3)5-7-13/h4-7,10H,8-9H2,1-3H3,(H,18,20,23). The molecule has 0 bridgehead atoms. The number of hydrogen-bond acceptors (Lipinski definition) is 8. The monoisotopic (exact) mass is 405 g/mol. The molecule has 0 fully saturated rings. The van der Waals surface area contributed by atoms with Crippen molar-refractivity contribution in [2.75, 3.05) is 18.2 Å². The van der Waals surface area contributed by atoms with Gasteiger partial charge in [0.1, 0.15) is 11.4 Å². The summed E-state index contributed by atoms with van der Waals surface area (Å²) in [6.45, 7) is 1.83. The first-order chi connectivity index (χ1) is 13.3. The van der Waals surface area contributed by atoms with Gasteiger partial charge in [0.05, 0.1) is 23.5 Å². The third-order valence-corrected chi connectivity index (χ3v) is 5.64. The van der Waals surface area contributed by atoms with Crippen LogP contribution in [0.15, 0.2) is 39.6 Å². The van der Waals surface area contributed by atoms with Gasteiger partial charge in [-0.15, -0.1) is 5.10 Å². The van der Waals surface area contributed by atoms with E-state index in [0.717, 1.165) is 5.69 Å². The van der Waals surface area contributed by atoms with E-state index in [1.165, 1.54) is 19.2 Å². The molecular weight excluding hydrogens is 386 g/mol. The van der Waals surface area contributed by atoms with Gasteiger partial charge < -0.3 is 9.15 Å². The van der Waals surface area contributed by atoms with Gasteiger partial charge in [-0.1, -0.05) is 5.10 Å². The summed E-state index contributed by atoms with van der Waals surface area (Å²) < 4.78 is 36.7. The molecule has 0 saturated carbocycles. The maximum Gasteiger partial charge on any atom is 0.322 e. The first-order valence-electron chi connectivity index (χ1n) is 8.29. The molecule has 0 saturated heterocycles. The average molecular weight is 405 g/mol. The van der Waals surface area contributed by atoms with Crippen LogP contribution >= 0.6 is 0 Å². The fraction of sp³-hybridized carbons (Fsp3) is 0.294. The lowest BCUT2D eigenvalue weighted by Gasteiger charge is -2.05. The first kappa shape index (κ1) is 19.5. The molecule has 0 atom stereocenters. The van der Waals surface area contributed by atoms with E-state index in [-0.39, 0.29) is 29.0 Å². The van der Waals surface area contributed by atoms with Crippen LogP contribution in [0.2, 0.25) is 0 Å². The molecule has 1 aromatic carbocycles. The SMILES string of the molecule is COc1ccc(S(=O)(=O)CCC(=O)Nc2nnc(-c3cc(C)nn3C)o2)cc1. The van der Waals surface area contributed by atoms with Crippen molar-refractivity contribution >= 4 is 21.8 Å². The van der Waals surface area contributed by atoms with Gasteiger partial charge in [-0.25, -0.2) is 8.42 Å². The largest absolute Gasteiger partial charge is 0.497 e. The minimum absolute atomic E-state index is 0.110. The van der Waals surface area contributed by atoms with Crippen molar-refractivity contribution in [3.05, 3.63) is 36.0 Å². The molecule has 28 heavy (non-hydrogen) atoms. The number of benzene rings is 1. The fourth-order valence-corrected chi connectivity index (χ4v) is 3.74. The Morgan fingerprint density at radius 2 is 1.96 bits per heavy atom. The van der Waals surface area contributed by atoms with Gasteiger partial charge in [-0.2, -0.15) is 5.10 Å². The number of hydrogen-bond donors (Lipinski definition) is 1. The van der Waals surface area contributed by atoms with Crippen LogP contribution in [0.5, 0.6) is 5.75 Å². The van der Waals surface area contributed by atoms with Crippen LogP contribution in [0, 0.1) is 6.92 Å². The third-order valence-electron chi connectivity index (χ3n) is 3.91. The van der Waals surface area contributed by atoms with Crippen molar-refractivity contribution in [3.8, 4) is 17.3 Å². The molecule has 2 heterocycles. The highest BCUT2D eigenvalue weighted by Crippen LogP contribution is 2.21. The first-order valence-corrected chi connectivity index (χ1v) is 9.95. The van der Waals surface area contributed by atoms with E-state index in [4.69, 9.17) is 9.15 Å². The molecule has 0 aliphatic heterocycles. The molecule has 3 aromatic rings. The Morgan fingerprint density at radius 3 is 2.57 bits per heavy atom. The zero-order valence-electron chi connectivity index (χ0n) is 15.5. The van der Waals surface area contributed by atoms with E-state index in [9.17, 15) is 13.2 Å². The van der Waals surface area contributed by atoms with Gasteiger partial charge in [0, 0.05) is 13.5 Å². The molecular formula is C17H19N5O5S. The molecule has 10 nitrogen and oxygen atoms in total. The third kappa shape index (κ3) is 4.36. The number of carbonyl (C=O) groups excluding carboxylic acids is 1. The Balaban J connectivity index is 1.60. The number of nitrogens with zero attached hydrogens (tertiary/aromatic N) is 4. The van der Waals surface area contributed by atoms with Gasteiger partial charge in [0.15, 0.2) is 9.84 Å². The van der Waals surface area contributed by atoms with Crippen LogP contribution in [0.4, 0.5) is 6.01 Å². The number of carbonyl (C=O) groups is 1. The summed E-state index contributed by atoms with van der Waals surface area (Å²) in [5, 5.41) is 14.2. The fourth-order valence-electron chi connectivity index (χ4n) is 2.50. The molecule has 1 N–H and O–H groups in total. The van der Waals surface area contributed by atoms with Crippen molar-refractivity contribution in [3.63, 3.8) is 0 Å². The van der Waals surface area contributed by atoms with Crippen LogP contribution in [0.25, 0.3) is 11.6 Å². The van der Waals surface area contributed by atoms with Crippen LogP contribution in [0.1, 0.15) is 12.1 Å². The summed E-state index contributed by atoms with van der Waals surface area (Å²) >= 11 is 0. The second-order valence-corrected chi connectivity index (χ2v) is 8.11.